The van der Waals surface area contributed by atoms with Gasteiger partial charge in [0, 0.05) is 20.4 Å². The van der Waals surface area contributed by atoms with E-state index in [1.165, 1.54) is 12.1 Å². The molecular weight excluding hydrogens is 457 g/mol. The number of ether oxygens (including phenoxy) is 1. The highest BCUT2D eigenvalue weighted by atomic mass is 32.2. The molecule has 2 aromatic carbocycles. The predicted molar refractivity (Wildman–Crippen MR) is 123 cm³/mol. The number of benzene rings is 2. The van der Waals surface area contributed by atoms with E-state index in [4.69, 9.17) is 9.84 Å². The number of halogens is 3. The first-order valence-electron chi connectivity index (χ1n) is 9.60. The van der Waals surface area contributed by atoms with Gasteiger partial charge in [-0.2, -0.15) is 13.2 Å². The van der Waals surface area contributed by atoms with Crippen molar-refractivity contribution >= 4 is 35.1 Å². The van der Waals surface area contributed by atoms with Crippen molar-refractivity contribution in [1.29, 1.82) is 0 Å². The van der Waals surface area contributed by atoms with Gasteiger partial charge in [0.1, 0.15) is 5.75 Å². The summed E-state index contributed by atoms with van der Waals surface area (Å²) in [4.78, 5) is 13.7. The van der Waals surface area contributed by atoms with Gasteiger partial charge in [0.25, 0.3) is 0 Å². The van der Waals surface area contributed by atoms with Crippen molar-refractivity contribution in [1.82, 2.24) is 0 Å². The van der Waals surface area contributed by atoms with Crippen LogP contribution in [0.15, 0.2) is 53.9 Å². The van der Waals surface area contributed by atoms with Crippen LogP contribution in [0.25, 0.3) is 16.5 Å². The van der Waals surface area contributed by atoms with Crippen LogP contribution < -0.4 is 4.74 Å². The van der Waals surface area contributed by atoms with Gasteiger partial charge in [-0.05, 0) is 66.4 Å². The van der Waals surface area contributed by atoms with Crippen LogP contribution in [0.3, 0.4) is 0 Å². The molecule has 8 heteroatoms. The zero-order valence-electron chi connectivity index (χ0n) is 17.5. The third-order valence-electron chi connectivity index (χ3n) is 4.84. The Morgan fingerprint density at radius 3 is 2.44 bits per heavy atom. The highest BCUT2D eigenvalue weighted by Gasteiger charge is 2.30. The second kappa shape index (κ2) is 9.83. The van der Waals surface area contributed by atoms with Gasteiger partial charge >= 0.3 is 12.1 Å². The molecule has 3 aromatic rings. The number of thiophene rings is 1. The first-order valence-corrected chi connectivity index (χ1v) is 11.4. The first kappa shape index (κ1) is 23.9. The summed E-state index contributed by atoms with van der Waals surface area (Å²) in [6.07, 6.45) is -2.62. The van der Waals surface area contributed by atoms with Crippen LogP contribution in [0.1, 0.15) is 27.1 Å². The zero-order valence-corrected chi connectivity index (χ0v) is 19.1. The molecule has 0 fully saturated rings. The van der Waals surface area contributed by atoms with E-state index in [1.807, 2.05) is 26.0 Å². The Balaban J connectivity index is 1.78. The molecule has 0 aliphatic rings. The van der Waals surface area contributed by atoms with Gasteiger partial charge in [-0.3, -0.25) is 0 Å². The van der Waals surface area contributed by atoms with Crippen molar-refractivity contribution in [3.63, 3.8) is 0 Å². The molecule has 0 spiro atoms. The molecule has 0 aliphatic heterocycles. The van der Waals surface area contributed by atoms with Crippen molar-refractivity contribution in [3.8, 4) is 16.2 Å². The van der Waals surface area contributed by atoms with Crippen LogP contribution in [0.5, 0.6) is 5.75 Å². The fourth-order valence-corrected chi connectivity index (χ4v) is 5.61. The molecule has 0 atom stereocenters. The third-order valence-corrected chi connectivity index (χ3v) is 7.40. The Hall–Kier alpha value is -2.71. The zero-order chi connectivity index (χ0) is 23.5. The number of aryl methyl sites for hydroxylation is 1. The molecule has 168 valence electrons. The Morgan fingerprint density at radius 1 is 1.19 bits per heavy atom. The summed E-state index contributed by atoms with van der Waals surface area (Å²) in [7, 11) is 0. The van der Waals surface area contributed by atoms with Gasteiger partial charge in [0.05, 0.1) is 5.56 Å². The molecule has 1 heterocycles. The third kappa shape index (κ3) is 5.55. The molecule has 3 rings (SSSR count). The molecule has 0 bridgehead atoms. The first-order chi connectivity index (χ1) is 15.1. The summed E-state index contributed by atoms with van der Waals surface area (Å²) >= 11 is 3.18. The number of carboxylic acids is 1. The minimum atomic E-state index is -4.36. The Labute approximate surface area is 192 Å². The fourth-order valence-electron chi connectivity index (χ4n) is 3.15. The van der Waals surface area contributed by atoms with Crippen molar-refractivity contribution < 1.29 is 27.8 Å². The molecular formula is C24H21F3O3S2. The second-order valence-electron chi connectivity index (χ2n) is 7.07. The maximum atomic E-state index is 12.9. The summed E-state index contributed by atoms with van der Waals surface area (Å²) in [5, 5.41) is 8.75. The molecule has 1 aromatic heterocycles. The molecule has 32 heavy (non-hydrogen) atoms. The highest BCUT2D eigenvalue weighted by molar-refractivity contribution is 7.98. The average Bonchev–Trinajstić information content (AvgIpc) is 3.06. The Kier molecular flexibility index (Phi) is 7.36. The number of thioether (sulfide) groups is 1. The molecule has 0 unspecified atom stereocenters. The van der Waals surface area contributed by atoms with Crippen molar-refractivity contribution in [2.24, 2.45) is 0 Å². The average molecular weight is 479 g/mol. The van der Waals surface area contributed by atoms with Crippen molar-refractivity contribution in [2.75, 3.05) is 6.61 Å². The normalized spacial score (nSPS) is 11.4. The number of hydrogen-bond acceptors (Lipinski definition) is 4. The fraction of sp³-hybridized carbons (Fsp3) is 0.208. The second-order valence-corrected chi connectivity index (χ2v) is 9.22. The maximum absolute atomic E-state index is 12.9. The minimum absolute atomic E-state index is 0.390. The SMILES string of the molecule is C=Cc1c(-c2ccc(C(F)(F)F)cc2)sc(CSc2ccc(OCC(=O)O)c(C)c2)c1C. The van der Waals surface area contributed by atoms with E-state index in [1.54, 1.807) is 35.2 Å². The maximum Gasteiger partial charge on any atom is 0.416 e. The number of rotatable bonds is 8. The van der Waals surface area contributed by atoms with Gasteiger partial charge in [-0.15, -0.1) is 23.1 Å². The lowest BCUT2D eigenvalue weighted by Gasteiger charge is -2.09. The quantitative estimate of drug-likeness (QED) is 0.342. The van der Waals surface area contributed by atoms with E-state index in [-0.39, 0.29) is 0 Å². The van der Waals surface area contributed by atoms with E-state index in [0.717, 1.165) is 49.0 Å². The molecule has 1 N–H and O–H groups in total. The van der Waals surface area contributed by atoms with Crippen LogP contribution in [-0.4, -0.2) is 17.7 Å². The van der Waals surface area contributed by atoms with E-state index in [2.05, 4.69) is 6.58 Å². The molecule has 0 amide bonds. The van der Waals surface area contributed by atoms with Crippen molar-refractivity contribution in [3.05, 3.63) is 76.2 Å². The summed E-state index contributed by atoms with van der Waals surface area (Å²) in [6, 6.07) is 10.8. The number of hydrogen-bond donors (Lipinski definition) is 1. The van der Waals surface area contributed by atoms with E-state index >= 15 is 0 Å². The summed E-state index contributed by atoms with van der Waals surface area (Å²) in [6.45, 7) is 7.34. The lowest BCUT2D eigenvalue weighted by molar-refractivity contribution is -0.139. The van der Waals surface area contributed by atoms with Gasteiger partial charge in [0.15, 0.2) is 6.61 Å². The van der Waals surface area contributed by atoms with Gasteiger partial charge < -0.3 is 9.84 Å². The number of alkyl halides is 3. The highest BCUT2D eigenvalue weighted by Crippen LogP contribution is 2.41. The number of carbonyl (C=O) groups is 1. The molecule has 0 saturated carbocycles. The standard InChI is InChI=1S/C24H21F3O3S2/c1-4-19-15(3)21(32-23(19)16-5-7-17(8-6-16)24(25,26)27)13-31-18-9-10-20(14(2)11-18)30-12-22(28)29/h4-11H,1,12-13H2,2-3H3,(H,28,29). The molecule has 0 saturated heterocycles. The largest absolute Gasteiger partial charge is 0.482 e. The number of aliphatic carboxylic acids is 1. The molecule has 3 nitrogen and oxygen atoms in total. The Morgan fingerprint density at radius 2 is 1.88 bits per heavy atom. The summed E-state index contributed by atoms with van der Waals surface area (Å²) in [5.74, 6) is 0.188. The smallest absolute Gasteiger partial charge is 0.416 e. The van der Waals surface area contributed by atoms with E-state index in [0.29, 0.717) is 11.5 Å². The predicted octanol–water partition coefficient (Wildman–Crippen LogP) is 7.45. The molecule has 0 radical (unpaired) electrons. The van der Waals surface area contributed by atoms with E-state index in [9.17, 15) is 18.0 Å². The van der Waals surface area contributed by atoms with Crippen LogP contribution in [0.4, 0.5) is 13.2 Å². The van der Waals surface area contributed by atoms with Gasteiger partial charge in [0.2, 0.25) is 0 Å². The van der Waals surface area contributed by atoms with Crippen LogP contribution in [0, 0.1) is 13.8 Å². The van der Waals surface area contributed by atoms with Crippen LogP contribution >= 0.6 is 23.1 Å². The van der Waals surface area contributed by atoms with Crippen molar-refractivity contribution in [2.45, 2.75) is 30.7 Å². The topological polar surface area (TPSA) is 46.5 Å². The monoisotopic (exact) mass is 478 g/mol. The number of carboxylic acid groups (broad SMARTS) is 1. The Bertz CT molecular complexity index is 1130. The van der Waals surface area contributed by atoms with Crippen LogP contribution in [-0.2, 0) is 16.7 Å². The minimum Gasteiger partial charge on any atom is -0.482 e. The lowest BCUT2D eigenvalue weighted by atomic mass is 10.0. The van der Waals surface area contributed by atoms with E-state index < -0.39 is 24.3 Å². The summed E-state index contributed by atoms with van der Waals surface area (Å²) in [5.41, 5.74) is 2.89. The lowest BCUT2D eigenvalue weighted by Crippen LogP contribution is -2.09. The van der Waals surface area contributed by atoms with Gasteiger partial charge in [-0.25, -0.2) is 4.79 Å². The van der Waals surface area contributed by atoms with Gasteiger partial charge in [-0.1, -0.05) is 24.8 Å². The summed E-state index contributed by atoms with van der Waals surface area (Å²) < 4.78 is 43.9. The molecule has 0 aliphatic carbocycles. The van der Waals surface area contributed by atoms with Crippen LogP contribution in [0.2, 0.25) is 0 Å².